The van der Waals surface area contributed by atoms with Crippen molar-refractivity contribution >= 4 is 17.9 Å². The Labute approximate surface area is 278 Å². The van der Waals surface area contributed by atoms with Gasteiger partial charge < -0.3 is 9.84 Å². The number of unbranched alkanes of at least 4 members (excludes halogenated alkanes) is 8. The van der Waals surface area contributed by atoms with Crippen molar-refractivity contribution < 1.29 is 23.8 Å². The van der Waals surface area contributed by atoms with Gasteiger partial charge in [-0.25, -0.2) is 10.1 Å². The summed E-state index contributed by atoms with van der Waals surface area (Å²) in [6, 6.07) is 2.60. The summed E-state index contributed by atoms with van der Waals surface area (Å²) in [5, 5.41) is 21.6. The summed E-state index contributed by atoms with van der Waals surface area (Å²) in [5.74, 6) is 1.66. The number of esters is 1. The Hall–Kier alpha value is -2.29. The summed E-state index contributed by atoms with van der Waals surface area (Å²) in [4.78, 5) is 13.5. The molecule has 2 saturated heterocycles. The number of carbonyl (C=O) groups is 1. The van der Waals surface area contributed by atoms with Crippen molar-refractivity contribution in [1.29, 1.82) is 0 Å². The van der Waals surface area contributed by atoms with Gasteiger partial charge in [0.05, 0.1) is 48.1 Å². The minimum Gasteiger partial charge on any atom is -0.459 e. The van der Waals surface area contributed by atoms with E-state index in [2.05, 4.69) is 38.9 Å². The van der Waals surface area contributed by atoms with Crippen molar-refractivity contribution in [3.05, 3.63) is 11.3 Å². The summed E-state index contributed by atoms with van der Waals surface area (Å²) in [7, 11) is 0. The Morgan fingerprint density at radius 3 is 2.41 bits per heavy atom. The first-order valence-corrected chi connectivity index (χ1v) is 19.2. The second kappa shape index (κ2) is 16.7. The molecular formula is C37H66N6O3+2. The lowest BCUT2D eigenvalue weighted by atomic mass is 9.97. The fraction of sp³-hybridized carbons (Fsp3) is 0.865. The zero-order valence-corrected chi connectivity index (χ0v) is 29.5. The van der Waals surface area contributed by atoms with Crippen LogP contribution in [0.3, 0.4) is 0 Å². The van der Waals surface area contributed by atoms with Crippen LogP contribution in [0.15, 0.2) is 11.3 Å². The molecule has 0 amide bonds. The van der Waals surface area contributed by atoms with Crippen LogP contribution in [0, 0.1) is 0 Å². The molecule has 6 N–H and O–H groups in total. The van der Waals surface area contributed by atoms with Gasteiger partial charge in [-0.05, 0) is 72.1 Å². The summed E-state index contributed by atoms with van der Waals surface area (Å²) in [5.41, 5.74) is 7.98. The molecule has 5 heterocycles. The summed E-state index contributed by atoms with van der Waals surface area (Å²) < 4.78 is 10.8. The van der Waals surface area contributed by atoms with Gasteiger partial charge in [-0.15, -0.1) is 0 Å². The van der Waals surface area contributed by atoms with Gasteiger partial charge in [0.1, 0.15) is 11.6 Å². The minimum absolute atomic E-state index is 0.0784. The van der Waals surface area contributed by atoms with Crippen molar-refractivity contribution in [3.63, 3.8) is 0 Å². The van der Waals surface area contributed by atoms with Crippen molar-refractivity contribution in [1.82, 2.24) is 16.0 Å². The van der Waals surface area contributed by atoms with Crippen molar-refractivity contribution in [3.8, 4) is 0 Å². The molecule has 46 heavy (non-hydrogen) atoms. The van der Waals surface area contributed by atoms with Crippen LogP contribution in [0.25, 0.3) is 0 Å². The third-order valence-electron chi connectivity index (χ3n) is 11.5. The molecule has 9 heteroatoms. The van der Waals surface area contributed by atoms with E-state index < -0.39 is 0 Å². The number of nitrogens with one attached hydrogen (secondary N) is 3. The Morgan fingerprint density at radius 1 is 0.935 bits per heavy atom. The maximum atomic E-state index is 13.5. The van der Waals surface area contributed by atoms with Crippen molar-refractivity contribution in [2.24, 2.45) is 5.73 Å². The van der Waals surface area contributed by atoms with Gasteiger partial charge in [0.25, 0.3) is 0 Å². The van der Waals surface area contributed by atoms with E-state index in [9.17, 15) is 9.90 Å². The second-order valence-corrected chi connectivity index (χ2v) is 15.4. The molecule has 0 spiro atoms. The first-order chi connectivity index (χ1) is 22.2. The number of nitrogens with two attached hydrogens (primary N) is 1. The molecule has 9 nitrogen and oxygen atoms in total. The predicted octanol–water partition coefficient (Wildman–Crippen LogP) is 5.14. The maximum absolute atomic E-state index is 13.5. The number of fused-ring (bicyclic) bond motifs is 1. The molecular weight excluding hydrogens is 576 g/mol. The molecule has 0 aromatic heterocycles. The number of ether oxygens (including phenoxy) is 1. The number of aliphatic hydroxyl groups is 1. The van der Waals surface area contributed by atoms with Crippen LogP contribution in [-0.2, 0) is 9.53 Å². The topological polar surface area (TPSA) is 115 Å². The molecule has 8 atom stereocenters. The van der Waals surface area contributed by atoms with Gasteiger partial charge in [0, 0.05) is 19.3 Å². The number of carbonyl (C=O) groups excluding carboxylic acids is 1. The highest BCUT2D eigenvalue weighted by molar-refractivity contribution is 5.93. The summed E-state index contributed by atoms with van der Waals surface area (Å²) in [6.45, 7) is 8.51. The van der Waals surface area contributed by atoms with Crippen LogP contribution in [0.5, 0.6) is 0 Å². The average Bonchev–Trinajstić information content (AvgIpc) is 3.61. The average molecular weight is 643 g/mol. The number of aliphatic hydroxyl groups excluding tert-OH is 1. The molecule has 0 aliphatic carbocycles. The van der Waals surface area contributed by atoms with Crippen LogP contribution >= 0.6 is 0 Å². The van der Waals surface area contributed by atoms with Crippen LogP contribution in [0.4, 0.5) is 0 Å². The molecule has 260 valence electrons. The number of nitrogens with zero attached hydrogens (tertiary/aromatic N) is 2. The van der Waals surface area contributed by atoms with E-state index in [0.29, 0.717) is 36.1 Å². The van der Waals surface area contributed by atoms with E-state index in [0.717, 1.165) is 56.7 Å². The molecule has 0 aromatic rings. The third kappa shape index (κ3) is 8.78. The van der Waals surface area contributed by atoms with Crippen molar-refractivity contribution in [2.45, 2.75) is 205 Å². The van der Waals surface area contributed by atoms with E-state index in [1.807, 2.05) is 13.8 Å². The highest BCUT2D eigenvalue weighted by Crippen LogP contribution is 2.33. The monoisotopic (exact) mass is 643 g/mol. The standard InChI is InChI=1S/C37H64N6O3/c1-5-6-7-8-9-10-14-17-32(44)24-31-20-21-33-34(27(4)40-36(38)43(31)33)35(45)46-26(3)15-12-11-13-16-28-23-30-19-18-29-22-25(2)39-37(41-28)42(29)30/h25-26,28-33,44H,5-24H2,1-4H3,(H3,38,39,40,41,45)/p+2/t25-,26-,28+,29+,30-,31-,32-,33-/m0/s1. The van der Waals surface area contributed by atoms with Gasteiger partial charge >= 0.3 is 17.9 Å². The number of hydrogen-bond acceptors (Lipinski definition) is 7. The fourth-order valence-corrected chi connectivity index (χ4v) is 9.15. The lowest BCUT2D eigenvalue weighted by molar-refractivity contribution is -0.593. The Morgan fingerprint density at radius 2 is 1.63 bits per heavy atom. The van der Waals surface area contributed by atoms with E-state index in [4.69, 9.17) is 10.5 Å². The Balaban J connectivity index is 1.01. The van der Waals surface area contributed by atoms with Crippen LogP contribution in [0.2, 0.25) is 0 Å². The first-order valence-electron chi connectivity index (χ1n) is 19.2. The molecule has 2 fully saturated rings. The molecule has 5 aliphatic rings. The summed E-state index contributed by atoms with van der Waals surface area (Å²) >= 11 is 0. The summed E-state index contributed by atoms with van der Waals surface area (Å²) in [6.07, 6.45) is 22.3. The fourth-order valence-electron chi connectivity index (χ4n) is 9.15. The van der Waals surface area contributed by atoms with Gasteiger partial charge in [-0.2, -0.15) is 0 Å². The molecule has 5 aliphatic heterocycles. The van der Waals surface area contributed by atoms with Gasteiger partial charge in [0.15, 0.2) is 0 Å². The van der Waals surface area contributed by atoms with Crippen LogP contribution in [-0.4, -0.2) is 80.6 Å². The Kier molecular flexibility index (Phi) is 12.7. The second-order valence-electron chi connectivity index (χ2n) is 15.4. The maximum Gasteiger partial charge on any atom is 0.348 e. The third-order valence-corrected chi connectivity index (χ3v) is 11.5. The molecule has 0 aromatic carbocycles. The highest BCUT2D eigenvalue weighted by Gasteiger charge is 2.46. The minimum atomic E-state index is -0.334. The van der Waals surface area contributed by atoms with Crippen LogP contribution in [0.1, 0.15) is 156 Å². The van der Waals surface area contributed by atoms with E-state index in [1.54, 1.807) is 0 Å². The zero-order chi connectivity index (χ0) is 32.6. The molecule has 0 bridgehead atoms. The van der Waals surface area contributed by atoms with Gasteiger partial charge in [-0.1, -0.05) is 64.7 Å². The number of hydrogen-bond donors (Lipinski definition) is 5. The molecule has 0 radical (unpaired) electrons. The predicted molar refractivity (Wildman–Crippen MR) is 185 cm³/mol. The smallest absolute Gasteiger partial charge is 0.348 e. The van der Waals surface area contributed by atoms with Gasteiger partial charge in [-0.3, -0.25) is 25.5 Å². The number of guanidine groups is 2. The van der Waals surface area contributed by atoms with Gasteiger partial charge in [0.2, 0.25) is 0 Å². The highest BCUT2D eigenvalue weighted by atomic mass is 16.5. The van der Waals surface area contributed by atoms with E-state index in [-0.39, 0.29) is 30.3 Å². The SMILES string of the molecule is CCCCCCCCC[C@H](O)C[C@@H]1CC[C@H]2C(C(=O)O[C@@H](C)CCCCC[C@@H]3C[C@@H]4CC[C@@H]5C[C@H](C)NC(=[N+]54)N3)=C(C)NC(N)=[N+]12. The quantitative estimate of drug-likeness (QED) is 0.0800. The number of rotatable bonds is 18. The molecule has 5 rings (SSSR count). The largest absolute Gasteiger partial charge is 0.459 e. The van der Waals surface area contributed by atoms with E-state index >= 15 is 0 Å². The lowest BCUT2D eigenvalue weighted by Crippen LogP contribution is -2.61. The zero-order valence-electron chi connectivity index (χ0n) is 29.5. The van der Waals surface area contributed by atoms with Crippen molar-refractivity contribution in [2.75, 3.05) is 0 Å². The number of allylic oxidation sites excluding steroid dienone is 1. The normalized spacial score (nSPS) is 29.9. The first kappa shape index (κ1) is 35.0. The lowest BCUT2D eigenvalue weighted by Gasteiger charge is -2.35. The van der Waals surface area contributed by atoms with Crippen LogP contribution < -0.4 is 21.7 Å². The molecule has 0 unspecified atom stereocenters. The molecule has 0 saturated carbocycles. The van der Waals surface area contributed by atoms with E-state index in [1.165, 1.54) is 83.0 Å². The Bertz CT molecular complexity index is 1130.